The lowest BCUT2D eigenvalue weighted by molar-refractivity contribution is -0.144. The van der Waals surface area contributed by atoms with Gasteiger partial charge in [0.1, 0.15) is 18.1 Å². The van der Waals surface area contributed by atoms with Gasteiger partial charge in [0.05, 0.1) is 6.04 Å². The summed E-state index contributed by atoms with van der Waals surface area (Å²) in [5, 5.41) is 17.3. The number of aliphatic carboxylic acids is 1. The summed E-state index contributed by atoms with van der Waals surface area (Å²) in [6.45, 7) is 0.315. The van der Waals surface area contributed by atoms with Crippen molar-refractivity contribution in [3.8, 4) is 0 Å². The van der Waals surface area contributed by atoms with Crippen LogP contribution in [0, 0.1) is 0 Å². The molecule has 1 aliphatic rings. The maximum Gasteiger partial charge on any atom is 0.326 e. The second-order valence-corrected chi connectivity index (χ2v) is 12.2. The molecular formula is C32H38N6O5S. The molecule has 44 heavy (non-hydrogen) atoms. The molecule has 3 amide bonds. The SMILES string of the molecule is CSCCC(N)C(=O)NC(Cc1c[nH]c2ccccc12)C(=O)N1CCCC1C(=O)NC(Cc1c[nH]c2ccccc12)C(=O)O. The van der Waals surface area contributed by atoms with Crippen molar-refractivity contribution in [2.24, 2.45) is 5.73 Å². The molecular weight excluding hydrogens is 580 g/mol. The Kier molecular flexibility index (Phi) is 9.91. The molecule has 1 saturated heterocycles. The highest BCUT2D eigenvalue weighted by Gasteiger charge is 2.39. The van der Waals surface area contributed by atoms with Crippen molar-refractivity contribution in [1.82, 2.24) is 25.5 Å². The van der Waals surface area contributed by atoms with Gasteiger partial charge in [0.15, 0.2) is 0 Å². The number of nitrogens with zero attached hydrogens (tertiary/aromatic N) is 1. The van der Waals surface area contributed by atoms with Gasteiger partial charge in [-0.3, -0.25) is 14.4 Å². The summed E-state index contributed by atoms with van der Waals surface area (Å²) < 4.78 is 0. The minimum absolute atomic E-state index is 0.0823. The fraction of sp³-hybridized carbons (Fsp3) is 0.375. The van der Waals surface area contributed by atoms with Gasteiger partial charge in [0, 0.05) is 53.6 Å². The van der Waals surface area contributed by atoms with E-state index in [-0.39, 0.29) is 12.8 Å². The summed E-state index contributed by atoms with van der Waals surface area (Å²) in [7, 11) is 0. The number of hydrogen-bond acceptors (Lipinski definition) is 6. The summed E-state index contributed by atoms with van der Waals surface area (Å²) in [6.07, 6.45) is 7.21. The van der Waals surface area contributed by atoms with Crippen molar-refractivity contribution < 1.29 is 24.3 Å². The van der Waals surface area contributed by atoms with Gasteiger partial charge in [0.2, 0.25) is 17.7 Å². The van der Waals surface area contributed by atoms with Crippen LogP contribution in [0.3, 0.4) is 0 Å². The van der Waals surface area contributed by atoms with Crippen LogP contribution < -0.4 is 16.4 Å². The Morgan fingerprint density at radius 3 is 2.14 bits per heavy atom. The molecule has 4 unspecified atom stereocenters. The quantitative estimate of drug-likeness (QED) is 0.134. The Bertz CT molecular complexity index is 1650. The molecule has 232 valence electrons. The van der Waals surface area contributed by atoms with Crippen LogP contribution in [-0.4, -0.2) is 86.4 Å². The van der Waals surface area contributed by atoms with Crippen LogP contribution in [0.5, 0.6) is 0 Å². The third kappa shape index (κ3) is 6.92. The molecule has 7 N–H and O–H groups in total. The number of carbonyl (C=O) groups excluding carboxylic acids is 3. The zero-order chi connectivity index (χ0) is 31.2. The second kappa shape index (κ2) is 14.0. The number of nitrogens with one attached hydrogen (secondary N) is 4. The van der Waals surface area contributed by atoms with Crippen molar-refractivity contribution >= 4 is 57.3 Å². The van der Waals surface area contributed by atoms with E-state index in [1.54, 1.807) is 18.0 Å². The third-order valence-corrected chi connectivity index (χ3v) is 8.88. The van der Waals surface area contributed by atoms with Crippen LogP contribution in [0.2, 0.25) is 0 Å². The largest absolute Gasteiger partial charge is 0.480 e. The number of likely N-dealkylation sites (tertiary alicyclic amines) is 1. The van der Waals surface area contributed by atoms with Crippen molar-refractivity contribution in [2.45, 2.75) is 56.3 Å². The van der Waals surface area contributed by atoms with Crippen LogP contribution >= 0.6 is 11.8 Å². The molecule has 3 heterocycles. The van der Waals surface area contributed by atoms with Crippen LogP contribution in [0.15, 0.2) is 60.9 Å². The molecule has 0 aliphatic carbocycles. The average Bonchev–Trinajstić information content (AvgIpc) is 3.78. The van der Waals surface area contributed by atoms with E-state index in [4.69, 9.17) is 5.73 Å². The first kappa shape index (κ1) is 31.1. The summed E-state index contributed by atoms with van der Waals surface area (Å²) in [5.74, 6) is -1.82. The minimum atomic E-state index is -1.18. The van der Waals surface area contributed by atoms with E-state index in [0.29, 0.717) is 31.6 Å². The van der Waals surface area contributed by atoms with E-state index in [0.717, 1.165) is 32.9 Å². The highest BCUT2D eigenvalue weighted by Crippen LogP contribution is 2.24. The standard InChI is InChI=1S/C32H38N6O5S/c1-44-14-12-23(33)29(39)36-26(15-19-17-34-24-9-4-2-7-21(19)24)31(41)38-13-6-11-28(38)30(40)37-27(32(42)43)16-20-18-35-25-10-5-3-8-22(20)25/h2-5,7-10,17-18,23,26-28,34-35H,6,11-16,33H2,1H3,(H,36,39)(H,37,40)(H,42,43). The maximum absolute atomic E-state index is 14.1. The monoisotopic (exact) mass is 618 g/mol. The molecule has 0 bridgehead atoms. The summed E-state index contributed by atoms with van der Waals surface area (Å²) >= 11 is 1.58. The molecule has 4 aromatic rings. The Morgan fingerprint density at radius 1 is 0.955 bits per heavy atom. The van der Waals surface area contributed by atoms with E-state index in [2.05, 4.69) is 20.6 Å². The van der Waals surface area contributed by atoms with Crippen molar-refractivity contribution in [1.29, 1.82) is 0 Å². The van der Waals surface area contributed by atoms with Crippen LogP contribution in [0.4, 0.5) is 0 Å². The zero-order valence-corrected chi connectivity index (χ0v) is 25.4. The molecule has 0 saturated carbocycles. The summed E-state index contributed by atoms with van der Waals surface area (Å²) in [6, 6.07) is 11.5. The van der Waals surface area contributed by atoms with E-state index in [1.807, 2.05) is 61.0 Å². The predicted octanol–water partition coefficient (Wildman–Crippen LogP) is 2.56. The number of thioether (sulfide) groups is 1. The third-order valence-electron chi connectivity index (χ3n) is 8.24. The van der Waals surface area contributed by atoms with Crippen LogP contribution in [0.25, 0.3) is 21.8 Å². The van der Waals surface area contributed by atoms with Crippen molar-refractivity contribution in [3.05, 3.63) is 72.1 Å². The first-order valence-corrected chi connectivity index (χ1v) is 16.1. The molecule has 5 rings (SSSR count). The normalized spacial score (nSPS) is 17.0. The minimum Gasteiger partial charge on any atom is -0.480 e. The number of para-hydroxylation sites is 2. The molecule has 4 atom stereocenters. The van der Waals surface area contributed by atoms with E-state index in [9.17, 15) is 24.3 Å². The molecule has 11 nitrogen and oxygen atoms in total. The first-order valence-electron chi connectivity index (χ1n) is 14.7. The number of H-pyrrole nitrogens is 2. The number of carboxylic acid groups (broad SMARTS) is 1. The number of hydrogen-bond donors (Lipinski definition) is 6. The van der Waals surface area contributed by atoms with Gasteiger partial charge >= 0.3 is 5.97 Å². The Hall–Kier alpha value is -4.29. The second-order valence-electron chi connectivity index (χ2n) is 11.2. The van der Waals surface area contributed by atoms with E-state index < -0.39 is 47.9 Å². The summed E-state index contributed by atoms with van der Waals surface area (Å²) in [4.78, 5) is 60.7. The molecule has 12 heteroatoms. The van der Waals surface area contributed by atoms with Gasteiger partial charge in [0.25, 0.3) is 0 Å². The van der Waals surface area contributed by atoms with Gasteiger partial charge in [-0.15, -0.1) is 0 Å². The number of benzene rings is 2. The zero-order valence-electron chi connectivity index (χ0n) is 24.5. The Balaban J connectivity index is 1.33. The molecule has 2 aromatic carbocycles. The van der Waals surface area contributed by atoms with Crippen LogP contribution in [0.1, 0.15) is 30.4 Å². The maximum atomic E-state index is 14.1. The van der Waals surface area contributed by atoms with E-state index >= 15 is 0 Å². The van der Waals surface area contributed by atoms with Crippen molar-refractivity contribution in [3.63, 3.8) is 0 Å². The molecule has 0 spiro atoms. The number of rotatable bonds is 13. The highest BCUT2D eigenvalue weighted by molar-refractivity contribution is 7.98. The smallest absolute Gasteiger partial charge is 0.326 e. The number of aromatic amines is 2. The van der Waals surface area contributed by atoms with Gasteiger partial charge in [-0.05, 0) is 54.5 Å². The molecule has 1 aliphatic heterocycles. The van der Waals surface area contributed by atoms with Gasteiger partial charge in [-0.1, -0.05) is 36.4 Å². The van der Waals surface area contributed by atoms with Crippen molar-refractivity contribution in [2.75, 3.05) is 18.6 Å². The highest BCUT2D eigenvalue weighted by atomic mass is 32.2. The fourth-order valence-corrected chi connectivity index (χ4v) is 6.36. The number of nitrogens with two attached hydrogens (primary N) is 1. The number of carbonyl (C=O) groups is 4. The first-order chi connectivity index (χ1) is 21.3. The Morgan fingerprint density at radius 2 is 1.55 bits per heavy atom. The fourth-order valence-electron chi connectivity index (χ4n) is 5.87. The molecule has 0 radical (unpaired) electrons. The number of amides is 3. The lowest BCUT2D eigenvalue weighted by Crippen LogP contribution is -2.57. The van der Waals surface area contributed by atoms with E-state index in [1.165, 1.54) is 4.90 Å². The number of fused-ring (bicyclic) bond motifs is 2. The van der Waals surface area contributed by atoms with Gasteiger partial charge in [-0.2, -0.15) is 11.8 Å². The Labute approximate surface area is 259 Å². The number of aromatic nitrogens is 2. The molecule has 1 fully saturated rings. The number of carboxylic acids is 1. The summed E-state index contributed by atoms with van der Waals surface area (Å²) in [5.41, 5.74) is 9.54. The lowest BCUT2D eigenvalue weighted by atomic mass is 10.0. The van der Waals surface area contributed by atoms with Crippen LogP contribution in [-0.2, 0) is 32.0 Å². The van der Waals surface area contributed by atoms with Gasteiger partial charge in [-0.25, -0.2) is 4.79 Å². The molecule has 2 aromatic heterocycles. The van der Waals surface area contributed by atoms with Gasteiger partial charge < -0.3 is 36.3 Å². The topological polar surface area (TPSA) is 173 Å². The average molecular weight is 619 g/mol. The lowest BCUT2D eigenvalue weighted by Gasteiger charge is -2.30. The predicted molar refractivity (Wildman–Crippen MR) is 171 cm³/mol.